The molecule has 7 nitrogen and oxygen atoms in total. The minimum Gasteiger partial charge on any atom is -0.310 e. The normalized spacial score (nSPS) is 20.1. The second-order valence-corrected chi connectivity index (χ2v) is 7.12. The molecule has 1 atom stereocenters. The van der Waals surface area contributed by atoms with Gasteiger partial charge < -0.3 is 5.32 Å². The molecule has 0 fully saturated rings. The van der Waals surface area contributed by atoms with Gasteiger partial charge in [-0.15, -0.1) is 0 Å². The van der Waals surface area contributed by atoms with Crippen LogP contribution in [0, 0.1) is 17.1 Å². The third-order valence-corrected chi connectivity index (χ3v) is 4.95. The Morgan fingerprint density at radius 1 is 1.41 bits per heavy atom. The molecule has 0 spiro atoms. The summed E-state index contributed by atoms with van der Waals surface area (Å²) < 4.78 is 13.9. The van der Waals surface area contributed by atoms with E-state index in [4.69, 9.17) is 0 Å². The van der Waals surface area contributed by atoms with Crippen LogP contribution >= 0.6 is 0 Å². The molecule has 0 radical (unpaired) electrons. The summed E-state index contributed by atoms with van der Waals surface area (Å²) in [5.41, 5.74) is 1.05. The average molecular weight is 364 g/mol. The Morgan fingerprint density at radius 2 is 2.19 bits per heavy atom. The number of nitrogens with one attached hydrogen (secondary N) is 1. The lowest BCUT2D eigenvalue weighted by atomic mass is 9.88. The van der Waals surface area contributed by atoms with Crippen molar-refractivity contribution in [2.24, 2.45) is 5.10 Å². The van der Waals surface area contributed by atoms with Gasteiger partial charge in [-0.2, -0.15) is 10.4 Å². The van der Waals surface area contributed by atoms with Crippen molar-refractivity contribution in [1.82, 2.24) is 15.0 Å². The summed E-state index contributed by atoms with van der Waals surface area (Å²) in [6, 6.07) is 8.07. The predicted molar refractivity (Wildman–Crippen MR) is 96.2 cm³/mol. The highest BCUT2D eigenvalue weighted by molar-refractivity contribution is 6.05. The number of rotatable bonds is 3. The van der Waals surface area contributed by atoms with Crippen molar-refractivity contribution < 1.29 is 9.18 Å². The molecule has 1 N–H and O–H groups in total. The van der Waals surface area contributed by atoms with E-state index in [1.54, 1.807) is 29.4 Å². The van der Waals surface area contributed by atoms with Crippen molar-refractivity contribution in [3.05, 3.63) is 53.2 Å². The van der Waals surface area contributed by atoms with Gasteiger partial charge in [0.05, 0.1) is 18.0 Å². The van der Waals surface area contributed by atoms with Crippen LogP contribution in [0.15, 0.2) is 35.6 Å². The number of aromatic nitrogens is 2. The van der Waals surface area contributed by atoms with Crippen LogP contribution in [0.1, 0.15) is 37.2 Å². The molecule has 1 unspecified atom stereocenters. The van der Waals surface area contributed by atoms with Gasteiger partial charge in [0.25, 0.3) is 0 Å². The smallest absolute Gasteiger partial charge is 0.235 e. The number of hydrogen-bond acceptors (Lipinski definition) is 6. The number of hydrazone groups is 1. The maximum Gasteiger partial charge on any atom is 0.235 e. The number of amides is 1. The Bertz CT molecular complexity index is 1010. The first kappa shape index (κ1) is 17.1. The number of nitriles is 1. The monoisotopic (exact) mass is 364 g/mol. The molecule has 2 aromatic rings. The van der Waals surface area contributed by atoms with Crippen LogP contribution in [0.3, 0.4) is 0 Å². The fourth-order valence-corrected chi connectivity index (χ4v) is 3.21. The van der Waals surface area contributed by atoms with Gasteiger partial charge in [0.15, 0.2) is 5.82 Å². The number of fused-ring (bicyclic) bond motifs is 1. The fraction of sp³-hybridized carbons (Fsp3) is 0.316. The molecule has 0 aliphatic carbocycles. The van der Waals surface area contributed by atoms with E-state index in [1.807, 2.05) is 13.8 Å². The first-order chi connectivity index (χ1) is 12.9. The summed E-state index contributed by atoms with van der Waals surface area (Å²) >= 11 is 0. The van der Waals surface area contributed by atoms with Gasteiger partial charge in [-0.1, -0.05) is 18.2 Å². The van der Waals surface area contributed by atoms with E-state index in [0.717, 1.165) is 5.56 Å². The van der Waals surface area contributed by atoms with Crippen LogP contribution in [0.5, 0.6) is 0 Å². The van der Waals surface area contributed by atoms with Crippen LogP contribution in [0.25, 0.3) is 0 Å². The Balaban J connectivity index is 1.63. The van der Waals surface area contributed by atoms with E-state index in [2.05, 4.69) is 26.5 Å². The largest absolute Gasteiger partial charge is 0.310 e. The number of nitrogens with zero attached hydrogens (tertiary/aromatic N) is 5. The molecular formula is C19H17FN6O. The fourth-order valence-electron chi connectivity index (χ4n) is 3.21. The van der Waals surface area contributed by atoms with E-state index in [9.17, 15) is 14.4 Å². The van der Waals surface area contributed by atoms with Crippen LogP contribution < -0.4 is 5.32 Å². The molecule has 2 aliphatic heterocycles. The van der Waals surface area contributed by atoms with Crippen molar-refractivity contribution in [3.8, 4) is 6.07 Å². The molecule has 27 heavy (non-hydrogen) atoms. The molecule has 3 heterocycles. The number of benzene rings is 1. The molecule has 8 heteroatoms. The Labute approximate surface area is 155 Å². The third-order valence-electron chi connectivity index (χ3n) is 4.95. The average Bonchev–Trinajstić information content (AvgIpc) is 3.15. The molecule has 0 saturated heterocycles. The van der Waals surface area contributed by atoms with E-state index in [0.29, 0.717) is 29.3 Å². The lowest BCUT2D eigenvalue weighted by Crippen LogP contribution is -2.26. The van der Waals surface area contributed by atoms with Gasteiger partial charge in [0.1, 0.15) is 23.4 Å². The van der Waals surface area contributed by atoms with Crippen LogP contribution in [-0.4, -0.2) is 32.6 Å². The highest BCUT2D eigenvalue weighted by Crippen LogP contribution is 2.35. The number of anilines is 1. The summed E-state index contributed by atoms with van der Waals surface area (Å²) in [5, 5.41) is 18.2. The van der Waals surface area contributed by atoms with E-state index < -0.39 is 11.5 Å². The van der Waals surface area contributed by atoms with Crippen LogP contribution in [-0.2, 0) is 16.8 Å². The zero-order valence-corrected chi connectivity index (χ0v) is 14.9. The van der Waals surface area contributed by atoms with E-state index >= 15 is 0 Å². The minimum atomic E-state index is -0.683. The van der Waals surface area contributed by atoms with Gasteiger partial charge in [-0.25, -0.2) is 14.4 Å². The summed E-state index contributed by atoms with van der Waals surface area (Å²) in [7, 11) is 0. The Hall–Kier alpha value is -3.34. The number of carbonyl (C=O) groups excluding carboxylic acids is 1. The molecule has 0 bridgehead atoms. The maximum absolute atomic E-state index is 13.9. The first-order valence-electron chi connectivity index (χ1n) is 8.56. The SMILES string of the molecule is CC1(C)C(=O)Nc2nc(C3=NN(Cc4ccccc4F)C(C#N)C3)ncc21. The van der Waals surface area contributed by atoms with Crippen molar-refractivity contribution in [2.75, 3.05) is 5.32 Å². The maximum atomic E-state index is 13.9. The minimum absolute atomic E-state index is 0.131. The van der Waals surface area contributed by atoms with Gasteiger partial charge in [-0.3, -0.25) is 9.80 Å². The van der Waals surface area contributed by atoms with Gasteiger partial charge in [0, 0.05) is 23.7 Å². The van der Waals surface area contributed by atoms with Crippen molar-refractivity contribution in [1.29, 1.82) is 5.26 Å². The highest BCUT2D eigenvalue weighted by atomic mass is 19.1. The summed E-state index contributed by atoms with van der Waals surface area (Å²) in [4.78, 5) is 20.8. The second kappa shape index (κ2) is 6.13. The zero-order valence-electron chi connectivity index (χ0n) is 14.9. The Morgan fingerprint density at radius 3 is 2.93 bits per heavy atom. The number of carbonyl (C=O) groups is 1. The molecular weight excluding hydrogens is 347 g/mol. The van der Waals surface area contributed by atoms with Gasteiger partial charge in [0.2, 0.25) is 5.91 Å². The summed E-state index contributed by atoms with van der Waals surface area (Å²) in [6.45, 7) is 3.81. The van der Waals surface area contributed by atoms with Crippen molar-refractivity contribution >= 4 is 17.4 Å². The molecule has 1 aromatic carbocycles. The van der Waals surface area contributed by atoms with Gasteiger partial charge in [-0.05, 0) is 19.9 Å². The zero-order chi connectivity index (χ0) is 19.2. The quantitative estimate of drug-likeness (QED) is 0.902. The molecule has 1 amide bonds. The lowest BCUT2D eigenvalue weighted by Gasteiger charge is -2.18. The summed E-state index contributed by atoms with van der Waals surface area (Å²) in [6.07, 6.45) is 1.96. The predicted octanol–water partition coefficient (Wildman–Crippen LogP) is 2.35. The van der Waals surface area contributed by atoms with Crippen molar-refractivity contribution in [3.63, 3.8) is 0 Å². The summed E-state index contributed by atoms with van der Waals surface area (Å²) in [5.74, 6) is 0.367. The van der Waals surface area contributed by atoms with Crippen molar-refractivity contribution in [2.45, 2.75) is 38.3 Å². The molecule has 136 valence electrons. The molecule has 2 aliphatic rings. The third kappa shape index (κ3) is 2.81. The van der Waals surface area contributed by atoms with Crippen LogP contribution in [0.2, 0.25) is 0 Å². The molecule has 4 rings (SSSR count). The number of halogens is 1. The molecule has 0 saturated carbocycles. The van der Waals surface area contributed by atoms with E-state index in [1.165, 1.54) is 6.07 Å². The lowest BCUT2D eigenvalue weighted by molar-refractivity contribution is -0.119. The standard InChI is InChI=1S/C19H17FN6O/c1-19(2)13-9-22-17(23-16(13)24-18(19)27)15-7-12(8-21)26(25-15)10-11-5-3-4-6-14(11)20/h3-6,9,12H,7,10H2,1-2H3,(H,22,23,24,27). The Kier molecular flexibility index (Phi) is 3.88. The van der Waals surface area contributed by atoms with Gasteiger partial charge >= 0.3 is 0 Å². The second-order valence-electron chi connectivity index (χ2n) is 7.12. The highest BCUT2D eigenvalue weighted by Gasteiger charge is 2.40. The first-order valence-corrected chi connectivity index (χ1v) is 8.56. The number of hydrogen-bond donors (Lipinski definition) is 1. The van der Waals surface area contributed by atoms with E-state index in [-0.39, 0.29) is 18.3 Å². The molecule has 1 aromatic heterocycles. The topological polar surface area (TPSA) is 94.3 Å². The van der Waals surface area contributed by atoms with Crippen LogP contribution in [0.4, 0.5) is 10.2 Å².